The molecule has 226 valence electrons. The molecule has 0 spiro atoms. The van der Waals surface area contributed by atoms with Crippen molar-refractivity contribution in [1.29, 1.82) is 0 Å². The second-order valence-electron chi connectivity index (χ2n) is 12.2. The van der Waals surface area contributed by atoms with Crippen LogP contribution in [-0.2, 0) is 0 Å². The monoisotopic (exact) mass is 613 g/mol. The van der Waals surface area contributed by atoms with Gasteiger partial charge in [0.1, 0.15) is 11.5 Å². The normalized spacial score (nSPS) is 11.5. The minimum absolute atomic E-state index is 0.877. The van der Waals surface area contributed by atoms with Crippen LogP contribution in [0.15, 0.2) is 188 Å². The number of hydrogen-bond acceptors (Lipinski definition) is 2. The summed E-state index contributed by atoms with van der Waals surface area (Å²) < 4.78 is 6.51. The largest absolute Gasteiger partial charge is 0.456 e. The molecule has 1 heterocycles. The van der Waals surface area contributed by atoms with E-state index in [1.54, 1.807) is 0 Å². The summed E-state index contributed by atoms with van der Waals surface area (Å²) in [5, 5.41) is 2.30. The molecule has 0 aromatic heterocycles. The van der Waals surface area contributed by atoms with Crippen LogP contribution in [0.3, 0.4) is 0 Å². The SMILES string of the molecule is c1ccc(-c2ccc(N(c3ccc(-c4ccccc4)cc3)c3cc4c5c(ccc(-c6ccccc6)c5c3)Oc3ccccc3-4)cc2)cc1. The van der Waals surface area contributed by atoms with Gasteiger partial charge in [0.25, 0.3) is 0 Å². The van der Waals surface area contributed by atoms with Crippen LogP contribution in [0.1, 0.15) is 0 Å². The van der Waals surface area contributed by atoms with Gasteiger partial charge in [0.15, 0.2) is 0 Å². The predicted molar refractivity (Wildman–Crippen MR) is 200 cm³/mol. The zero-order chi connectivity index (χ0) is 31.9. The number of nitrogens with zero attached hydrogens (tertiary/aromatic N) is 1. The van der Waals surface area contributed by atoms with Crippen LogP contribution in [0.5, 0.6) is 11.5 Å². The first-order chi connectivity index (χ1) is 23.8. The van der Waals surface area contributed by atoms with Crippen molar-refractivity contribution < 1.29 is 4.74 Å². The highest BCUT2D eigenvalue weighted by molar-refractivity contribution is 6.12. The second kappa shape index (κ2) is 11.8. The maximum Gasteiger partial charge on any atom is 0.135 e. The van der Waals surface area contributed by atoms with Gasteiger partial charge in [0.05, 0.1) is 0 Å². The Morgan fingerprint density at radius 3 is 1.40 bits per heavy atom. The number of rotatable bonds is 6. The molecular weight excluding hydrogens is 583 g/mol. The lowest BCUT2D eigenvalue weighted by Crippen LogP contribution is -2.11. The Kier molecular flexibility index (Phi) is 6.84. The highest BCUT2D eigenvalue weighted by Crippen LogP contribution is 2.51. The minimum atomic E-state index is 0.877. The fourth-order valence-electron chi connectivity index (χ4n) is 6.94. The molecule has 8 aromatic rings. The number of benzene rings is 8. The van der Waals surface area contributed by atoms with Crippen molar-refractivity contribution in [3.05, 3.63) is 188 Å². The Morgan fingerprint density at radius 1 is 0.312 bits per heavy atom. The van der Waals surface area contributed by atoms with Crippen molar-refractivity contribution in [3.8, 4) is 56.0 Å². The van der Waals surface area contributed by atoms with E-state index in [9.17, 15) is 0 Å². The first kappa shape index (κ1) is 27.9. The summed E-state index contributed by atoms with van der Waals surface area (Å²) in [5.41, 5.74) is 12.7. The molecule has 0 saturated heterocycles. The molecule has 0 saturated carbocycles. The quantitative estimate of drug-likeness (QED) is 0.185. The Hall–Kier alpha value is -6.38. The molecule has 0 aliphatic carbocycles. The van der Waals surface area contributed by atoms with Gasteiger partial charge >= 0.3 is 0 Å². The van der Waals surface area contributed by atoms with Crippen molar-refractivity contribution in [2.24, 2.45) is 0 Å². The number of fused-ring (bicyclic) bond motifs is 2. The average Bonchev–Trinajstić information content (AvgIpc) is 3.17. The van der Waals surface area contributed by atoms with Gasteiger partial charge in [-0.1, -0.05) is 140 Å². The molecule has 1 aliphatic heterocycles. The molecule has 2 heteroatoms. The standard InChI is InChI=1S/C46H31NO/c1-4-12-32(13-5-1)34-20-24-37(25-21-34)47(38-26-22-35(23-27-38)33-14-6-2-7-15-33)39-30-42-40(36-16-8-3-9-17-36)28-29-45-46(42)43(31-39)41-18-10-11-19-44(41)48-45/h1-31H. The van der Waals surface area contributed by atoms with E-state index in [1.165, 1.54) is 38.9 Å². The zero-order valence-electron chi connectivity index (χ0n) is 26.3. The van der Waals surface area contributed by atoms with Gasteiger partial charge < -0.3 is 9.64 Å². The molecule has 48 heavy (non-hydrogen) atoms. The van der Waals surface area contributed by atoms with Crippen molar-refractivity contribution >= 4 is 27.8 Å². The minimum Gasteiger partial charge on any atom is -0.456 e. The lowest BCUT2D eigenvalue weighted by Gasteiger charge is -2.29. The van der Waals surface area contributed by atoms with Gasteiger partial charge in [0.2, 0.25) is 0 Å². The number of para-hydroxylation sites is 1. The Balaban J connectivity index is 1.28. The van der Waals surface area contributed by atoms with Crippen molar-refractivity contribution in [2.75, 3.05) is 4.90 Å². The summed E-state index contributed by atoms with van der Waals surface area (Å²) in [6.45, 7) is 0. The highest BCUT2D eigenvalue weighted by Gasteiger charge is 2.25. The number of anilines is 3. The molecule has 1 aliphatic rings. The van der Waals surface area contributed by atoms with Gasteiger partial charge in [0, 0.05) is 28.0 Å². The zero-order valence-corrected chi connectivity index (χ0v) is 26.3. The van der Waals surface area contributed by atoms with E-state index >= 15 is 0 Å². The molecule has 0 atom stereocenters. The van der Waals surface area contributed by atoms with Crippen molar-refractivity contribution in [2.45, 2.75) is 0 Å². The smallest absolute Gasteiger partial charge is 0.135 e. The van der Waals surface area contributed by atoms with Gasteiger partial charge in [-0.2, -0.15) is 0 Å². The molecule has 2 nitrogen and oxygen atoms in total. The van der Waals surface area contributed by atoms with E-state index in [0.717, 1.165) is 44.9 Å². The predicted octanol–water partition coefficient (Wildman–Crippen LogP) is 13.1. The summed E-state index contributed by atoms with van der Waals surface area (Å²) in [6.07, 6.45) is 0. The average molecular weight is 614 g/mol. The van der Waals surface area contributed by atoms with Crippen LogP contribution >= 0.6 is 0 Å². The maximum atomic E-state index is 6.51. The highest BCUT2D eigenvalue weighted by atomic mass is 16.5. The Labute approximate surface area is 280 Å². The third kappa shape index (κ3) is 4.92. The molecule has 0 unspecified atom stereocenters. The molecule has 0 amide bonds. The lowest BCUT2D eigenvalue weighted by molar-refractivity contribution is 0.487. The van der Waals surface area contributed by atoms with E-state index in [1.807, 2.05) is 6.07 Å². The van der Waals surface area contributed by atoms with Crippen LogP contribution in [0.2, 0.25) is 0 Å². The fraction of sp³-hybridized carbons (Fsp3) is 0. The topological polar surface area (TPSA) is 12.5 Å². The summed E-state index contributed by atoms with van der Waals surface area (Å²) in [7, 11) is 0. The molecule has 0 fully saturated rings. The van der Waals surface area contributed by atoms with Gasteiger partial charge in [-0.25, -0.2) is 0 Å². The summed E-state index contributed by atoms with van der Waals surface area (Å²) >= 11 is 0. The molecule has 0 radical (unpaired) electrons. The number of ether oxygens (including phenoxy) is 1. The van der Waals surface area contributed by atoms with Crippen LogP contribution in [0.4, 0.5) is 17.1 Å². The van der Waals surface area contributed by atoms with Gasteiger partial charge in [-0.15, -0.1) is 0 Å². The van der Waals surface area contributed by atoms with E-state index in [-0.39, 0.29) is 0 Å². The van der Waals surface area contributed by atoms with E-state index in [2.05, 4.69) is 187 Å². The first-order valence-corrected chi connectivity index (χ1v) is 16.3. The molecule has 8 aromatic carbocycles. The van der Waals surface area contributed by atoms with E-state index < -0.39 is 0 Å². The summed E-state index contributed by atoms with van der Waals surface area (Å²) in [5.74, 6) is 1.76. The Bertz CT molecular complexity index is 2300. The third-order valence-electron chi connectivity index (χ3n) is 9.27. The number of hydrogen-bond donors (Lipinski definition) is 0. The fourth-order valence-corrected chi connectivity index (χ4v) is 6.94. The van der Waals surface area contributed by atoms with Crippen molar-refractivity contribution in [1.82, 2.24) is 0 Å². The lowest BCUT2D eigenvalue weighted by atomic mass is 9.89. The molecule has 0 bridgehead atoms. The molecule has 0 N–H and O–H groups in total. The van der Waals surface area contributed by atoms with Crippen LogP contribution in [-0.4, -0.2) is 0 Å². The third-order valence-corrected chi connectivity index (χ3v) is 9.27. The van der Waals surface area contributed by atoms with E-state index in [4.69, 9.17) is 4.74 Å². The maximum absolute atomic E-state index is 6.51. The van der Waals surface area contributed by atoms with Gasteiger partial charge in [-0.3, -0.25) is 0 Å². The summed E-state index contributed by atoms with van der Waals surface area (Å²) in [4.78, 5) is 2.37. The Morgan fingerprint density at radius 2 is 0.812 bits per heavy atom. The molecular formula is C46H31NO. The van der Waals surface area contributed by atoms with Crippen molar-refractivity contribution in [3.63, 3.8) is 0 Å². The first-order valence-electron chi connectivity index (χ1n) is 16.3. The summed E-state index contributed by atoms with van der Waals surface area (Å²) in [6, 6.07) is 66.9. The van der Waals surface area contributed by atoms with Crippen LogP contribution in [0.25, 0.3) is 55.3 Å². The van der Waals surface area contributed by atoms with Crippen LogP contribution < -0.4 is 9.64 Å². The molecule has 9 rings (SSSR count). The second-order valence-corrected chi connectivity index (χ2v) is 12.2. The van der Waals surface area contributed by atoms with Crippen LogP contribution in [0, 0.1) is 0 Å². The van der Waals surface area contributed by atoms with Gasteiger partial charge in [-0.05, 0) is 92.9 Å². The van der Waals surface area contributed by atoms with E-state index in [0.29, 0.717) is 0 Å².